The van der Waals surface area contributed by atoms with Gasteiger partial charge in [-0.15, -0.1) is 0 Å². The number of aliphatic carboxylic acids is 1. The molecule has 0 saturated heterocycles. The van der Waals surface area contributed by atoms with Gasteiger partial charge in [0.25, 0.3) is 0 Å². The Bertz CT molecular complexity index is 646. The normalized spacial score (nSPS) is 10.4. The minimum absolute atomic E-state index is 0. The van der Waals surface area contributed by atoms with Crippen molar-refractivity contribution in [3.63, 3.8) is 0 Å². The molecule has 1 rings (SSSR count). The van der Waals surface area contributed by atoms with E-state index in [0.29, 0.717) is 0 Å². The van der Waals surface area contributed by atoms with Crippen LogP contribution in [0.1, 0.15) is 206 Å². The standard InChI is InChI=1S/C21H38N.C18H36O2.ClH.Na/c1-2-3-4-5-6-7-8-9-10-11-12-13-14-16-19-22-20-17-15-18-21-22;1-2-3-4-5-6-7-8-9-10-11-12-13-14-15-16-17-18(19)20;;/h15,17-18,20-21H,2-14,16,19H2,1H3;2-17H2,1H3,(H,19,20);1H;/q+1;;;+1/p-2. The number of aromatic nitrogens is 1. The maximum absolute atomic E-state index is 10.2. The third-order valence-electron chi connectivity index (χ3n) is 8.53. The van der Waals surface area contributed by atoms with E-state index in [1.165, 1.54) is 180 Å². The number of carbonyl (C=O) groups is 1. The van der Waals surface area contributed by atoms with Crippen LogP contribution in [0.25, 0.3) is 0 Å². The summed E-state index contributed by atoms with van der Waals surface area (Å²) < 4.78 is 2.29. The Balaban J connectivity index is -0.000000735. The van der Waals surface area contributed by atoms with Gasteiger partial charge in [0.15, 0.2) is 12.4 Å². The Labute approximate surface area is 304 Å². The Morgan fingerprint density at radius 2 is 0.727 bits per heavy atom. The van der Waals surface area contributed by atoms with Crippen LogP contribution in [-0.4, -0.2) is 5.97 Å². The molecule has 0 saturated carbocycles. The van der Waals surface area contributed by atoms with Gasteiger partial charge in [-0.05, 0) is 19.3 Å². The van der Waals surface area contributed by atoms with E-state index < -0.39 is 5.97 Å². The van der Waals surface area contributed by atoms with Crippen LogP contribution >= 0.6 is 0 Å². The Morgan fingerprint density at radius 3 is 1.02 bits per heavy atom. The number of rotatable bonds is 31. The van der Waals surface area contributed by atoms with Crippen molar-refractivity contribution in [3.8, 4) is 0 Å². The van der Waals surface area contributed by atoms with Crippen molar-refractivity contribution in [2.24, 2.45) is 0 Å². The molecule has 0 aromatic carbocycles. The molecule has 0 atom stereocenters. The van der Waals surface area contributed by atoms with E-state index in [4.69, 9.17) is 0 Å². The Morgan fingerprint density at radius 1 is 0.455 bits per heavy atom. The van der Waals surface area contributed by atoms with Gasteiger partial charge in [-0.25, -0.2) is 4.57 Å². The van der Waals surface area contributed by atoms with Crippen LogP contribution in [0, 0.1) is 0 Å². The molecule has 1 aromatic rings. The average molecular weight is 646 g/mol. The van der Waals surface area contributed by atoms with E-state index in [1.807, 2.05) is 0 Å². The van der Waals surface area contributed by atoms with Gasteiger partial charge in [0, 0.05) is 24.5 Å². The second kappa shape index (κ2) is 42.9. The van der Waals surface area contributed by atoms with E-state index in [0.717, 1.165) is 12.8 Å². The first kappa shape index (κ1) is 48.3. The van der Waals surface area contributed by atoms with E-state index in [1.54, 1.807) is 0 Å². The third kappa shape index (κ3) is 41.9. The van der Waals surface area contributed by atoms with E-state index >= 15 is 0 Å². The smallest absolute Gasteiger partial charge is 1.00 e. The summed E-state index contributed by atoms with van der Waals surface area (Å²) in [6.07, 6.45) is 44.3. The topological polar surface area (TPSA) is 44.0 Å². The molecule has 0 N–H and O–H groups in total. The van der Waals surface area contributed by atoms with Crippen molar-refractivity contribution in [1.82, 2.24) is 0 Å². The number of halogens is 1. The summed E-state index contributed by atoms with van der Waals surface area (Å²) in [6, 6.07) is 6.31. The molecule has 0 spiro atoms. The van der Waals surface area contributed by atoms with Gasteiger partial charge in [0.2, 0.25) is 0 Å². The first-order valence-electron chi connectivity index (χ1n) is 18.8. The summed E-state index contributed by atoms with van der Waals surface area (Å²) >= 11 is 0. The molecule has 44 heavy (non-hydrogen) atoms. The number of carboxylic acid groups (broad SMARTS) is 1. The molecule has 0 aliphatic rings. The fraction of sp³-hybridized carbons (Fsp3) is 0.846. The molecule has 254 valence electrons. The summed E-state index contributed by atoms with van der Waals surface area (Å²) in [4.78, 5) is 10.2. The number of aryl methyl sites for hydroxylation is 1. The van der Waals surface area contributed by atoms with Crippen molar-refractivity contribution in [1.29, 1.82) is 0 Å². The van der Waals surface area contributed by atoms with Crippen molar-refractivity contribution >= 4 is 5.97 Å². The molecule has 0 aliphatic heterocycles. The monoisotopic (exact) mass is 646 g/mol. The minimum atomic E-state index is -0.903. The second-order valence-electron chi connectivity index (χ2n) is 12.8. The molecule has 0 radical (unpaired) electrons. The molecular weight excluding hydrogens is 573 g/mol. The average Bonchev–Trinajstić information content (AvgIpc) is 3.00. The summed E-state index contributed by atoms with van der Waals surface area (Å²) in [7, 11) is 0. The van der Waals surface area contributed by atoms with Crippen molar-refractivity contribution in [3.05, 3.63) is 30.6 Å². The Kier molecular flexibility index (Phi) is 47.1. The van der Waals surface area contributed by atoms with Crippen molar-refractivity contribution < 1.29 is 56.4 Å². The zero-order valence-corrected chi connectivity index (χ0v) is 32.7. The summed E-state index contributed by atoms with van der Waals surface area (Å²) in [5, 5.41) is 10.2. The van der Waals surface area contributed by atoms with Gasteiger partial charge in [0.1, 0.15) is 6.54 Å². The fourth-order valence-electron chi connectivity index (χ4n) is 5.71. The first-order valence-corrected chi connectivity index (χ1v) is 18.8. The number of pyridine rings is 1. The molecule has 0 unspecified atom stereocenters. The minimum Gasteiger partial charge on any atom is -1.00 e. The number of hydrogen-bond acceptors (Lipinski definition) is 2. The van der Waals surface area contributed by atoms with Gasteiger partial charge in [-0.2, -0.15) is 0 Å². The number of hydrogen-bond donors (Lipinski definition) is 0. The van der Waals surface area contributed by atoms with Crippen molar-refractivity contribution in [2.75, 3.05) is 0 Å². The number of nitrogens with zero attached hydrogens (tertiary/aromatic N) is 1. The largest absolute Gasteiger partial charge is 1.00 e. The molecular formula is C39H73ClNNaO2. The van der Waals surface area contributed by atoms with Gasteiger partial charge >= 0.3 is 29.6 Å². The zero-order chi connectivity index (χ0) is 30.6. The van der Waals surface area contributed by atoms with Crippen LogP contribution in [0.4, 0.5) is 0 Å². The second-order valence-corrected chi connectivity index (χ2v) is 12.8. The van der Waals surface area contributed by atoms with Crippen LogP contribution in [0.2, 0.25) is 0 Å². The summed E-state index contributed by atoms with van der Waals surface area (Å²) in [5.41, 5.74) is 0. The maximum atomic E-state index is 10.2. The van der Waals surface area contributed by atoms with Crippen molar-refractivity contribution in [2.45, 2.75) is 213 Å². The predicted molar refractivity (Wildman–Crippen MR) is 182 cm³/mol. The van der Waals surface area contributed by atoms with Crippen LogP contribution in [0.3, 0.4) is 0 Å². The SMILES string of the molecule is CCCCCCCCCCCCCCCCCC(=O)[O-].CCCCCCCCCCCCCCCC[n+]1ccccc1.[Cl-].[Na+]. The number of carboxylic acids is 1. The molecule has 1 heterocycles. The molecule has 0 aliphatic carbocycles. The summed E-state index contributed by atoms with van der Waals surface area (Å²) in [5.74, 6) is -0.903. The molecule has 0 fully saturated rings. The molecule has 0 bridgehead atoms. The van der Waals surface area contributed by atoms with Crippen LogP contribution in [-0.2, 0) is 11.3 Å². The molecule has 0 amide bonds. The number of carbonyl (C=O) groups excluding carboxylic acids is 1. The first-order chi connectivity index (χ1) is 20.7. The molecule has 5 heteroatoms. The van der Waals surface area contributed by atoms with E-state index in [2.05, 4.69) is 49.0 Å². The van der Waals surface area contributed by atoms with E-state index in [9.17, 15) is 9.90 Å². The van der Waals surface area contributed by atoms with Crippen LogP contribution in [0.5, 0.6) is 0 Å². The quantitative estimate of drug-likeness (QED) is 0.0612. The predicted octanol–water partition coefficient (Wildman–Crippen LogP) is 5.46. The van der Waals surface area contributed by atoms with Gasteiger partial charge < -0.3 is 22.3 Å². The van der Waals surface area contributed by atoms with Gasteiger partial charge in [-0.3, -0.25) is 0 Å². The summed E-state index contributed by atoms with van der Waals surface area (Å²) in [6.45, 7) is 5.74. The number of unbranched alkanes of at least 4 members (excludes halogenated alkanes) is 27. The maximum Gasteiger partial charge on any atom is 1.00 e. The Hall–Kier alpha value is -0.0900. The zero-order valence-electron chi connectivity index (χ0n) is 29.9. The molecule has 1 aromatic heterocycles. The third-order valence-corrected chi connectivity index (χ3v) is 8.53. The van der Waals surface area contributed by atoms with E-state index in [-0.39, 0.29) is 48.4 Å². The van der Waals surface area contributed by atoms with Crippen LogP contribution in [0.15, 0.2) is 30.6 Å². The molecule has 3 nitrogen and oxygen atoms in total. The van der Waals surface area contributed by atoms with Gasteiger partial charge in [0.05, 0.1) is 0 Å². The van der Waals surface area contributed by atoms with Gasteiger partial charge in [-0.1, -0.05) is 187 Å². The fourth-order valence-corrected chi connectivity index (χ4v) is 5.71. The van der Waals surface area contributed by atoms with Crippen LogP contribution < -0.4 is 51.6 Å².